The zero-order valence-corrected chi connectivity index (χ0v) is 11.4. The Morgan fingerprint density at radius 1 is 1.18 bits per heavy atom. The molecule has 0 spiro atoms. The molecule has 1 aromatic carbocycles. The average molecular weight is 229 g/mol. The van der Waals surface area contributed by atoms with Gasteiger partial charge in [0.2, 0.25) is 0 Å². The Balaban J connectivity index is 2.29. The van der Waals surface area contributed by atoms with Crippen molar-refractivity contribution in [2.24, 2.45) is 17.8 Å². The fraction of sp³-hybridized carbons (Fsp3) is 0.588. The van der Waals surface area contributed by atoms with Crippen LogP contribution in [-0.2, 0) is 0 Å². The van der Waals surface area contributed by atoms with Crippen LogP contribution in [0.4, 0.5) is 0 Å². The molecule has 0 heterocycles. The van der Waals surface area contributed by atoms with E-state index in [-0.39, 0.29) is 0 Å². The molecule has 0 heteroatoms. The van der Waals surface area contributed by atoms with Gasteiger partial charge in [-0.15, -0.1) is 0 Å². The number of hydrogen-bond acceptors (Lipinski definition) is 0. The largest absolute Gasteiger partial charge is 0.0625 e. The third-order valence-corrected chi connectivity index (χ3v) is 4.48. The SMILES string of the molecule is [CH2]c1ccccc1C1CC(C)CCC1C(C)C. The lowest BCUT2D eigenvalue weighted by Gasteiger charge is -2.38. The van der Waals surface area contributed by atoms with Crippen LogP contribution in [0.2, 0.25) is 0 Å². The number of hydrogen-bond donors (Lipinski definition) is 0. The van der Waals surface area contributed by atoms with Gasteiger partial charge >= 0.3 is 0 Å². The van der Waals surface area contributed by atoms with Crippen molar-refractivity contribution in [3.05, 3.63) is 42.3 Å². The maximum absolute atomic E-state index is 4.21. The summed E-state index contributed by atoms with van der Waals surface area (Å²) < 4.78 is 0. The van der Waals surface area contributed by atoms with Crippen LogP contribution in [0.3, 0.4) is 0 Å². The summed E-state index contributed by atoms with van der Waals surface area (Å²) in [6.07, 6.45) is 4.13. The highest BCUT2D eigenvalue weighted by Gasteiger charge is 2.32. The molecular formula is C17H25. The molecule has 3 unspecified atom stereocenters. The van der Waals surface area contributed by atoms with Crippen molar-refractivity contribution < 1.29 is 0 Å². The smallest absolute Gasteiger partial charge is 0.0126 e. The Bertz CT molecular complexity index is 364. The molecule has 3 atom stereocenters. The summed E-state index contributed by atoms with van der Waals surface area (Å²) >= 11 is 0. The van der Waals surface area contributed by atoms with E-state index in [9.17, 15) is 0 Å². The number of rotatable bonds is 2. The fourth-order valence-electron chi connectivity index (χ4n) is 3.46. The monoisotopic (exact) mass is 229 g/mol. The molecule has 1 fully saturated rings. The van der Waals surface area contributed by atoms with Crippen LogP contribution in [0.15, 0.2) is 24.3 Å². The minimum atomic E-state index is 0.729. The molecule has 0 nitrogen and oxygen atoms in total. The lowest BCUT2D eigenvalue weighted by atomic mass is 9.67. The van der Waals surface area contributed by atoms with Crippen LogP contribution in [0.25, 0.3) is 0 Å². The quantitative estimate of drug-likeness (QED) is 0.666. The molecule has 1 aromatic rings. The first kappa shape index (κ1) is 12.7. The van der Waals surface area contributed by atoms with Crippen LogP contribution in [-0.4, -0.2) is 0 Å². The van der Waals surface area contributed by atoms with Gasteiger partial charge in [0.05, 0.1) is 0 Å². The van der Waals surface area contributed by atoms with Gasteiger partial charge in [-0.3, -0.25) is 0 Å². The van der Waals surface area contributed by atoms with Gasteiger partial charge in [-0.25, -0.2) is 0 Å². The molecule has 1 aliphatic rings. The minimum Gasteiger partial charge on any atom is -0.0625 e. The lowest BCUT2D eigenvalue weighted by molar-refractivity contribution is 0.197. The molecule has 0 amide bonds. The van der Waals surface area contributed by atoms with E-state index in [0.29, 0.717) is 0 Å². The van der Waals surface area contributed by atoms with Gasteiger partial charge in [-0.2, -0.15) is 0 Å². The summed E-state index contributed by atoms with van der Waals surface area (Å²) in [6, 6.07) is 8.72. The second kappa shape index (κ2) is 5.25. The van der Waals surface area contributed by atoms with Crippen molar-refractivity contribution in [3.63, 3.8) is 0 Å². The van der Waals surface area contributed by atoms with Gasteiger partial charge in [0.15, 0.2) is 0 Å². The van der Waals surface area contributed by atoms with Crippen molar-refractivity contribution in [1.82, 2.24) is 0 Å². The highest BCUT2D eigenvalue weighted by Crippen LogP contribution is 2.44. The van der Waals surface area contributed by atoms with Crippen molar-refractivity contribution in [1.29, 1.82) is 0 Å². The van der Waals surface area contributed by atoms with E-state index in [0.717, 1.165) is 23.7 Å². The third kappa shape index (κ3) is 2.73. The van der Waals surface area contributed by atoms with E-state index >= 15 is 0 Å². The highest BCUT2D eigenvalue weighted by atomic mass is 14.4. The van der Waals surface area contributed by atoms with Crippen molar-refractivity contribution >= 4 is 0 Å². The summed E-state index contributed by atoms with van der Waals surface area (Å²) in [6.45, 7) is 11.4. The molecule has 0 aliphatic heterocycles. The molecule has 2 rings (SSSR count). The van der Waals surface area contributed by atoms with Gasteiger partial charge < -0.3 is 0 Å². The van der Waals surface area contributed by atoms with E-state index in [1.165, 1.54) is 30.4 Å². The van der Waals surface area contributed by atoms with Gasteiger partial charge in [-0.05, 0) is 54.6 Å². The van der Waals surface area contributed by atoms with Gasteiger partial charge in [0.25, 0.3) is 0 Å². The molecule has 0 saturated heterocycles. The van der Waals surface area contributed by atoms with Crippen molar-refractivity contribution in [2.45, 2.75) is 46.0 Å². The molecule has 17 heavy (non-hydrogen) atoms. The Kier molecular flexibility index (Phi) is 3.91. The molecular weight excluding hydrogens is 204 g/mol. The fourth-order valence-corrected chi connectivity index (χ4v) is 3.46. The van der Waals surface area contributed by atoms with Gasteiger partial charge in [-0.1, -0.05) is 51.5 Å². The first-order chi connectivity index (χ1) is 8.09. The number of benzene rings is 1. The maximum Gasteiger partial charge on any atom is -0.0126 e. The molecule has 0 N–H and O–H groups in total. The molecule has 0 aromatic heterocycles. The lowest BCUT2D eigenvalue weighted by Crippen LogP contribution is -2.26. The zero-order chi connectivity index (χ0) is 12.4. The van der Waals surface area contributed by atoms with E-state index in [4.69, 9.17) is 0 Å². The van der Waals surface area contributed by atoms with E-state index < -0.39 is 0 Å². The van der Waals surface area contributed by atoms with E-state index in [1.54, 1.807) is 0 Å². The second-order valence-electron chi connectivity index (χ2n) is 6.13. The highest BCUT2D eigenvalue weighted by molar-refractivity contribution is 5.33. The van der Waals surface area contributed by atoms with Crippen molar-refractivity contribution in [3.8, 4) is 0 Å². The standard InChI is InChI=1S/C17H25/c1-12(2)15-10-9-13(3)11-17(15)16-8-6-5-7-14(16)4/h5-8,12-13,15,17H,4,9-11H2,1-3H3. The van der Waals surface area contributed by atoms with Gasteiger partial charge in [0.1, 0.15) is 0 Å². The Morgan fingerprint density at radius 2 is 1.88 bits per heavy atom. The molecule has 1 saturated carbocycles. The zero-order valence-electron chi connectivity index (χ0n) is 11.4. The summed E-state index contributed by atoms with van der Waals surface area (Å²) in [5, 5.41) is 0. The first-order valence-corrected chi connectivity index (χ1v) is 7.00. The van der Waals surface area contributed by atoms with E-state index in [2.05, 4.69) is 52.0 Å². The Labute approximate surface area is 106 Å². The second-order valence-corrected chi connectivity index (χ2v) is 6.13. The summed E-state index contributed by atoms with van der Waals surface area (Å²) in [7, 11) is 0. The molecule has 0 bridgehead atoms. The normalized spacial score (nSPS) is 29.6. The summed E-state index contributed by atoms with van der Waals surface area (Å²) in [5.41, 5.74) is 2.73. The Hall–Kier alpha value is -0.780. The van der Waals surface area contributed by atoms with Crippen LogP contribution >= 0.6 is 0 Å². The van der Waals surface area contributed by atoms with Crippen LogP contribution in [0.1, 0.15) is 57.1 Å². The molecule has 93 valence electrons. The van der Waals surface area contributed by atoms with E-state index in [1.807, 2.05) is 0 Å². The van der Waals surface area contributed by atoms with Crippen LogP contribution in [0.5, 0.6) is 0 Å². The van der Waals surface area contributed by atoms with Crippen LogP contribution < -0.4 is 0 Å². The molecule has 1 radical (unpaired) electrons. The average Bonchev–Trinajstić information content (AvgIpc) is 2.29. The summed E-state index contributed by atoms with van der Waals surface area (Å²) in [4.78, 5) is 0. The maximum atomic E-state index is 4.21. The minimum absolute atomic E-state index is 0.729. The van der Waals surface area contributed by atoms with Crippen molar-refractivity contribution in [2.75, 3.05) is 0 Å². The van der Waals surface area contributed by atoms with Gasteiger partial charge in [0, 0.05) is 0 Å². The molecule has 1 aliphatic carbocycles. The predicted molar refractivity (Wildman–Crippen MR) is 75.0 cm³/mol. The predicted octanol–water partition coefficient (Wildman–Crippen LogP) is 5.04. The third-order valence-electron chi connectivity index (χ3n) is 4.48. The van der Waals surface area contributed by atoms with Crippen LogP contribution in [0, 0.1) is 24.7 Å². The first-order valence-electron chi connectivity index (χ1n) is 7.00. The Morgan fingerprint density at radius 3 is 2.53 bits per heavy atom. The topological polar surface area (TPSA) is 0 Å². The summed E-state index contributed by atoms with van der Waals surface area (Å²) in [5.74, 6) is 3.23.